The maximum atomic E-state index is 11.7. The molecule has 0 radical (unpaired) electrons. The van der Waals surface area contributed by atoms with Gasteiger partial charge in [0, 0.05) is 17.8 Å². The van der Waals surface area contributed by atoms with E-state index in [0.717, 1.165) is 11.4 Å². The van der Waals surface area contributed by atoms with Crippen LogP contribution in [0.2, 0.25) is 0 Å². The van der Waals surface area contributed by atoms with Crippen LogP contribution in [0.1, 0.15) is 12.8 Å². The topological polar surface area (TPSA) is 119 Å². The van der Waals surface area contributed by atoms with Gasteiger partial charge in [0.05, 0.1) is 0 Å². The van der Waals surface area contributed by atoms with E-state index in [2.05, 4.69) is 30.2 Å². The zero-order valence-corrected chi connectivity index (χ0v) is 10.9. The van der Waals surface area contributed by atoms with Gasteiger partial charge in [0.15, 0.2) is 5.65 Å². The lowest BCUT2D eigenvalue weighted by molar-refractivity contribution is 1.07. The highest BCUT2D eigenvalue weighted by Crippen LogP contribution is 2.24. The second-order valence-corrected chi connectivity index (χ2v) is 5.07. The summed E-state index contributed by atoms with van der Waals surface area (Å²) in [6, 6.07) is 4.27. The lowest BCUT2D eigenvalue weighted by Gasteiger charge is -2.03. The number of H-pyrrole nitrogens is 3. The first kappa shape index (κ1) is 11.9. The first-order chi connectivity index (χ1) is 10.2. The van der Waals surface area contributed by atoms with Crippen LogP contribution >= 0.6 is 0 Å². The molecule has 0 spiro atoms. The van der Waals surface area contributed by atoms with Crippen LogP contribution in [0, 0.1) is 0 Å². The van der Waals surface area contributed by atoms with Crippen molar-refractivity contribution in [3.63, 3.8) is 0 Å². The lowest BCUT2D eigenvalue weighted by atomic mass is 10.2. The van der Waals surface area contributed by atoms with E-state index in [1.165, 1.54) is 12.8 Å². The molecule has 3 heterocycles. The molecule has 8 heteroatoms. The number of nitrogens with zero attached hydrogens (tertiary/aromatic N) is 2. The van der Waals surface area contributed by atoms with Gasteiger partial charge in [-0.3, -0.25) is 14.8 Å². The SMILES string of the molecule is O=c1[nH]c(=O)c2[nH]c(-c3ccc(NC4CC4)nc3)nc2[nH]1. The Labute approximate surface area is 117 Å². The lowest BCUT2D eigenvalue weighted by Crippen LogP contribution is -2.21. The Morgan fingerprint density at radius 2 is 2.00 bits per heavy atom. The van der Waals surface area contributed by atoms with Gasteiger partial charge in [-0.1, -0.05) is 0 Å². The molecule has 8 nitrogen and oxygen atoms in total. The fourth-order valence-corrected chi connectivity index (χ4v) is 2.13. The molecule has 3 aromatic heterocycles. The van der Waals surface area contributed by atoms with Crippen molar-refractivity contribution in [3.05, 3.63) is 39.2 Å². The molecule has 0 atom stereocenters. The molecule has 4 rings (SSSR count). The van der Waals surface area contributed by atoms with Crippen molar-refractivity contribution < 1.29 is 0 Å². The number of pyridine rings is 1. The highest BCUT2D eigenvalue weighted by Gasteiger charge is 2.21. The molecule has 3 aromatic rings. The predicted molar refractivity (Wildman–Crippen MR) is 77.2 cm³/mol. The second-order valence-electron chi connectivity index (χ2n) is 5.07. The van der Waals surface area contributed by atoms with Crippen LogP contribution in [0.15, 0.2) is 27.9 Å². The number of hydrogen-bond acceptors (Lipinski definition) is 5. The van der Waals surface area contributed by atoms with Crippen molar-refractivity contribution in [3.8, 4) is 11.4 Å². The molecule has 1 aliphatic rings. The summed E-state index contributed by atoms with van der Waals surface area (Å²) in [5.74, 6) is 1.31. The number of aromatic amines is 3. The first-order valence-corrected chi connectivity index (χ1v) is 6.64. The Kier molecular flexibility index (Phi) is 2.44. The van der Waals surface area contributed by atoms with E-state index in [9.17, 15) is 9.59 Å². The Morgan fingerprint density at radius 1 is 1.14 bits per heavy atom. The summed E-state index contributed by atoms with van der Waals surface area (Å²) in [4.78, 5) is 38.9. The van der Waals surface area contributed by atoms with Gasteiger partial charge in [-0.25, -0.2) is 14.8 Å². The van der Waals surface area contributed by atoms with E-state index in [4.69, 9.17) is 0 Å². The third-order valence-electron chi connectivity index (χ3n) is 3.36. The van der Waals surface area contributed by atoms with Crippen LogP contribution in [0.4, 0.5) is 5.82 Å². The fraction of sp³-hybridized carbons (Fsp3) is 0.231. The zero-order valence-electron chi connectivity index (χ0n) is 10.9. The van der Waals surface area contributed by atoms with Gasteiger partial charge >= 0.3 is 5.69 Å². The highest BCUT2D eigenvalue weighted by atomic mass is 16.2. The summed E-state index contributed by atoms with van der Waals surface area (Å²) in [5.41, 5.74) is 0.150. The van der Waals surface area contributed by atoms with Gasteiger partial charge < -0.3 is 10.3 Å². The minimum atomic E-state index is -0.576. The summed E-state index contributed by atoms with van der Waals surface area (Å²) in [6.45, 7) is 0. The Hall–Kier alpha value is -2.90. The van der Waals surface area contributed by atoms with Crippen molar-refractivity contribution in [2.75, 3.05) is 5.32 Å². The Bertz CT molecular complexity index is 916. The molecule has 0 aromatic carbocycles. The van der Waals surface area contributed by atoms with Crippen LogP contribution < -0.4 is 16.6 Å². The predicted octanol–water partition coefficient (Wildman–Crippen LogP) is 0.576. The number of nitrogens with one attached hydrogen (secondary N) is 4. The van der Waals surface area contributed by atoms with E-state index in [1.54, 1.807) is 6.20 Å². The maximum Gasteiger partial charge on any atom is 0.327 e. The molecule has 0 aliphatic heterocycles. The van der Waals surface area contributed by atoms with Gasteiger partial charge in [0.2, 0.25) is 0 Å². The van der Waals surface area contributed by atoms with E-state index < -0.39 is 11.2 Å². The molecule has 0 bridgehead atoms. The number of anilines is 1. The van der Waals surface area contributed by atoms with Gasteiger partial charge in [-0.15, -0.1) is 0 Å². The molecule has 21 heavy (non-hydrogen) atoms. The van der Waals surface area contributed by atoms with Crippen molar-refractivity contribution in [2.24, 2.45) is 0 Å². The van der Waals surface area contributed by atoms with E-state index in [-0.39, 0.29) is 11.2 Å². The molecule has 4 N–H and O–H groups in total. The van der Waals surface area contributed by atoms with Crippen LogP contribution in [0.3, 0.4) is 0 Å². The minimum Gasteiger partial charge on any atom is -0.367 e. The van der Waals surface area contributed by atoms with E-state index >= 15 is 0 Å². The third kappa shape index (κ3) is 2.20. The zero-order chi connectivity index (χ0) is 14.4. The van der Waals surface area contributed by atoms with Crippen molar-refractivity contribution in [2.45, 2.75) is 18.9 Å². The fourth-order valence-electron chi connectivity index (χ4n) is 2.13. The number of aromatic nitrogens is 5. The molecular formula is C13H12N6O2. The molecule has 106 valence electrons. The summed E-state index contributed by atoms with van der Waals surface area (Å²) in [5, 5.41) is 3.29. The van der Waals surface area contributed by atoms with Crippen LogP contribution in [0.25, 0.3) is 22.6 Å². The smallest absolute Gasteiger partial charge is 0.327 e. The molecule has 0 amide bonds. The molecule has 1 saturated carbocycles. The Balaban J connectivity index is 1.73. The maximum absolute atomic E-state index is 11.7. The van der Waals surface area contributed by atoms with Crippen molar-refractivity contribution in [1.82, 2.24) is 24.9 Å². The monoisotopic (exact) mass is 284 g/mol. The quantitative estimate of drug-likeness (QED) is 0.560. The summed E-state index contributed by atoms with van der Waals surface area (Å²) >= 11 is 0. The van der Waals surface area contributed by atoms with Gasteiger partial charge in [0.1, 0.15) is 17.2 Å². The second kappa shape index (κ2) is 4.30. The largest absolute Gasteiger partial charge is 0.367 e. The standard InChI is InChI=1S/C13H12N6O2/c20-12-9-11(18-13(21)19-12)17-10(16-9)6-1-4-8(14-5-6)15-7-2-3-7/h1,4-5,7H,2-3H2,(H,14,15)(H3,16,17,18,19,20,21). The number of fused-ring (bicyclic) bond motifs is 1. The van der Waals surface area contributed by atoms with E-state index in [0.29, 0.717) is 11.9 Å². The van der Waals surface area contributed by atoms with E-state index in [1.807, 2.05) is 12.1 Å². The van der Waals surface area contributed by atoms with Gasteiger partial charge in [0.25, 0.3) is 5.56 Å². The Morgan fingerprint density at radius 3 is 2.71 bits per heavy atom. The van der Waals surface area contributed by atoms with Crippen LogP contribution in [0.5, 0.6) is 0 Å². The molecule has 0 unspecified atom stereocenters. The average Bonchev–Trinajstić information content (AvgIpc) is 3.16. The van der Waals surface area contributed by atoms with Crippen LogP contribution in [-0.2, 0) is 0 Å². The summed E-state index contributed by atoms with van der Waals surface area (Å²) in [7, 11) is 0. The van der Waals surface area contributed by atoms with Crippen molar-refractivity contribution >= 4 is 17.0 Å². The average molecular weight is 284 g/mol. The molecule has 1 aliphatic carbocycles. The summed E-state index contributed by atoms with van der Waals surface area (Å²) in [6.07, 6.45) is 4.04. The molecule has 0 saturated heterocycles. The summed E-state index contributed by atoms with van der Waals surface area (Å²) < 4.78 is 0. The number of hydrogen-bond donors (Lipinski definition) is 4. The van der Waals surface area contributed by atoms with Gasteiger partial charge in [-0.05, 0) is 25.0 Å². The third-order valence-corrected chi connectivity index (χ3v) is 3.36. The number of imidazole rings is 1. The first-order valence-electron chi connectivity index (χ1n) is 6.64. The molecular weight excluding hydrogens is 272 g/mol. The minimum absolute atomic E-state index is 0.235. The van der Waals surface area contributed by atoms with Gasteiger partial charge in [-0.2, -0.15) is 0 Å². The number of rotatable bonds is 3. The normalized spacial score (nSPS) is 14.5. The molecule has 1 fully saturated rings. The highest BCUT2D eigenvalue weighted by molar-refractivity contribution is 5.74. The van der Waals surface area contributed by atoms with Crippen molar-refractivity contribution in [1.29, 1.82) is 0 Å². The van der Waals surface area contributed by atoms with Crippen LogP contribution in [-0.4, -0.2) is 31.0 Å².